The molecule has 1 heterocycles. The molecular formula is C14H14FNO2. The molecule has 4 heteroatoms. The average Bonchev–Trinajstić information content (AvgIpc) is 2.67. The molecule has 1 aromatic heterocycles. The number of aryl methyl sites for hydroxylation is 2. The molecule has 0 bridgehead atoms. The van der Waals surface area contributed by atoms with E-state index >= 15 is 0 Å². The molecule has 0 aliphatic heterocycles. The summed E-state index contributed by atoms with van der Waals surface area (Å²) in [4.78, 5) is 14.9. The SMILES string of the molecule is Cc1cc(C(=O)COc2ccccc2F)c(C)[nH]1. The van der Waals surface area contributed by atoms with Crippen molar-refractivity contribution in [2.75, 3.05) is 6.61 Å². The largest absolute Gasteiger partial charge is 0.482 e. The minimum Gasteiger partial charge on any atom is -0.482 e. The molecule has 18 heavy (non-hydrogen) atoms. The average molecular weight is 247 g/mol. The zero-order chi connectivity index (χ0) is 13.1. The third-order valence-corrected chi connectivity index (χ3v) is 2.65. The van der Waals surface area contributed by atoms with E-state index in [1.54, 1.807) is 18.2 Å². The second kappa shape index (κ2) is 5.04. The molecule has 2 rings (SSSR count). The molecular weight excluding hydrogens is 233 g/mol. The van der Waals surface area contributed by atoms with Crippen molar-refractivity contribution >= 4 is 5.78 Å². The minimum atomic E-state index is -0.465. The van der Waals surface area contributed by atoms with Crippen molar-refractivity contribution in [3.05, 3.63) is 53.1 Å². The van der Waals surface area contributed by atoms with Gasteiger partial charge in [0.25, 0.3) is 0 Å². The first-order chi connectivity index (χ1) is 8.58. The quantitative estimate of drug-likeness (QED) is 0.844. The van der Waals surface area contributed by atoms with Gasteiger partial charge in [0.05, 0.1) is 0 Å². The number of ether oxygens (including phenoxy) is 1. The van der Waals surface area contributed by atoms with Crippen LogP contribution in [0.4, 0.5) is 4.39 Å². The molecule has 0 spiro atoms. The van der Waals surface area contributed by atoms with Crippen molar-refractivity contribution in [2.45, 2.75) is 13.8 Å². The molecule has 3 nitrogen and oxygen atoms in total. The van der Waals surface area contributed by atoms with Gasteiger partial charge in [-0.05, 0) is 32.0 Å². The highest BCUT2D eigenvalue weighted by Gasteiger charge is 2.13. The molecule has 0 aliphatic carbocycles. The van der Waals surface area contributed by atoms with Crippen LogP contribution >= 0.6 is 0 Å². The van der Waals surface area contributed by atoms with E-state index in [9.17, 15) is 9.18 Å². The topological polar surface area (TPSA) is 42.1 Å². The number of halogens is 1. The van der Waals surface area contributed by atoms with E-state index in [4.69, 9.17) is 4.74 Å². The molecule has 0 atom stereocenters. The number of para-hydroxylation sites is 1. The fourth-order valence-corrected chi connectivity index (χ4v) is 1.80. The molecule has 1 aromatic carbocycles. The maximum atomic E-state index is 13.3. The van der Waals surface area contributed by atoms with E-state index in [2.05, 4.69) is 4.98 Å². The summed E-state index contributed by atoms with van der Waals surface area (Å²) in [6.45, 7) is 3.53. The predicted octanol–water partition coefficient (Wildman–Crippen LogP) is 3.03. The van der Waals surface area contributed by atoms with Crippen LogP contribution in [0.1, 0.15) is 21.7 Å². The van der Waals surface area contributed by atoms with Crippen LogP contribution in [0.2, 0.25) is 0 Å². The molecule has 0 saturated carbocycles. The summed E-state index contributed by atoms with van der Waals surface area (Å²) in [6, 6.07) is 7.80. The lowest BCUT2D eigenvalue weighted by Crippen LogP contribution is -2.12. The van der Waals surface area contributed by atoms with Gasteiger partial charge < -0.3 is 9.72 Å². The fourth-order valence-electron chi connectivity index (χ4n) is 1.80. The Bertz CT molecular complexity index is 575. The lowest BCUT2D eigenvalue weighted by molar-refractivity contribution is 0.0918. The Balaban J connectivity index is 2.05. The van der Waals surface area contributed by atoms with Gasteiger partial charge in [0, 0.05) is 17.0 Å². The number of H-pyrrole nitrogens is 1. The number of carbonyl (C=O) groups excluding carboxylic acids is 1. The highest BCUT2D eigenvalue weighted by molar-refractivity contribution is 5.98. The second-order valence-electron chi connectivity index (χ2n) is 4.13. The Labute approximate surface area is 105 Å². The molecule has 0 amide bonds. The summed E-state index contributed by atoms with van der Waals surface area (Å²) < 4.78 is 18.5. The van der Waals surface area contributed by atoms with E-state index in [-0.39, 0.29) is 18.1 Å². The maximum absolute atomic E-state index is 13.3. The van der Waals surface area contributed by atoms with Crippen LogP contribution in [0.5, 0.6) is 5.75 Å². The van der Waals surface area contributed by atoms with Gasteiger partial charge in [0.2, 0.25) is 5.78 Å². The number of carbonyl (C=O) groups is 1. The summed E-state index contributed by atoms with van der Waals surface area (Å²) >= 11 is 0. The van der Waals surface area contributed by atoms with Gasteiger partial charge in [-0.2, -0.15) is 0 Å². The van der Waals surface area contributed by atoms with Crippen LogP contribution in [0, 0.1) is 19.7 Å². The fraction of sp³-hybridized carbons (Fsp3) is 0.214. The van der Waals surface area contributed by atoms with Crippen molar-refractivity contribution in [3.63, 3.8) is 0 Å². The van der Waals surface area contributed by atoms with Crippen molar-refractivity contribution in [1.82, 2.24) is 4.98 Å². The summed E-state index contributed by atoms with van der Waals surface area (Å²) in [7, 11) is 0. The molecule has 0 saturated heterocycles. The smallest absolute Gasteiger partial charge is 0.202 e. The van der Waals surface area contributed by atoms with E-state index in [1.165, 1.54) is 12.1 Å². The first-order valence-corrected chi connectivity index (χ1v) is 5.64. The third-order valence-electron chi connectivity index (χ3n) is 2.65. The van der Waals surface area contributed by atoms with Crippen molar-refractivity contribution < 1.29 is 13.9 Å². The number of aromatic amines is 1. The molecule has 0 fully saturated rings. The van der Waals surface area contributed by atoms with Gasteiger partial charge in [-0.1, -0.05) is 12.1 Å². The van der Waals surface area contributed by atoms with Gasteiger partial charge in [-0.3, -0.25) is 4.79 Å². The number of hydrogen-bond donors (Lipinski definition) is 1. The summed E-state index contributed by atoms with van der Waals surface area (Å²) in [6.07, 6.45) is 0. The molecule has 2 aromatic rings. The maximum Gasteiger partial charge on any atom is 0.202 e. The summed E-state index contributed by atoms with van der Waals surface area (Å²) in [5.74, 6) is -0.539. The number of aromatic nitrogens is 1. The molecule has 94 valence electrons. The number of nitrogens with one attached hydrogen (secondary N) is 1. The number of ketones is 1. The van der Waals surface area contributed by atoms with E-state index in [0.29, 0.717) is 5.56 Å². The normalized spacial score (nSPS) is 10.4. The molecule has 0 radical (unpaired) electrons. The summed E-state index contributed by atoms with van der Waals surface area (Å²) in [5.41, 5.74) is 2.31. The molecule has 0 unspecified atom stereocenters. The number of benzene rings is 1. The zero-order valence-electron chi connectivity index (χ0n) is 10.3. The van der Waals surface area contributed by atoms with Gasteiger partial charge >= 0.3 is 0 Å². The Hall–Kier alpha value is -2.10. The van der Waals surface area contributed by atoms with E-state index < -0.39 is 5.82 Å². The van der Waals surface area contributed by atoms with Gasteiger partial charge in [0.15, 0.2) is 18.2 Å². The Morgan fingerprint density at radius 1 is 1.33 bits per heavy atom. The Kier molecular flexibility index (Phi) is 3.46. The number of rotatable bonds is 4. The first kappa shape index (κ1) is 12.4. The lowest BCUT2D eigenvalue weighted by Gasteiger charge is -2.05. The monoisotopic (exact) mass is 247 g/mol. The second-order valence-corrected chi connectivity index (χ2v) is 4.13. The molecule has 0 aliphatic rings. The van der Waals surface area contributed by atoms with Gasteiger partial charge in [-0.15, -0.1) is 0 Å². The van der Waals surface area contributed by atoms with E-state index in [0.717, 1.165) is 11.4 Å². The minimum absolute atomic E-state index is 0.0933. The Morgan fingerprint density at radius 3 is 2.67 bits per heavy atom. The van der Waals surface area contributed by atoms with Crippen LogP contribution < -0.4 is 4.74 Å². The van der Waals surface area contributed by atoms with Crippen molar-refractivity contribution in [2.24, 2.45) is 0 Å². The predicted molar refractivity (Wildman–Crippen MR) is 66.5 cm³/mol. The number of Topliss-reactive ketones (excluding diaryl/α,β-unsaturated/α-hetero) is 1. The third kappa shape index (κ3) is 2.59. The lowest BCUT2D eigenvalue weighted by atomic mass is 10.1. The first-order valence-electron chi connectivity index (χ1n) is 5.64. The van der Waals surface area contributed by atoms with Gasteiger partial charge in [0.1, 0.15) is 0 Å². The van der Waals surface area contributed by atoms with Crippen molar-refractivity contribution in [1.29, 1.82) is 0 Å². The number of hydrogen-bond acceptors (Lipinski definition) is 2. The van der Waals surface area contributed by atoms with Crippen molar-refractivity contribution in [3.8, 4) is 5.75 Å². The summed E-state index contributed by atoms with van der Waals surface area (Å²) in [5, 5.41) is 0. The zero-order valence-corrected chi connectivity index (χ0v) is 10.3. The van der Waals surface area contributed by atoms with Crippen LogP contribution in [0.15, 0.2) is 30.3 Å². The van der Waals surface area contributed by atoms with Crippen LogP contribution in [-0.4, -0.2) is 17.4 Å². The highest BCUT2D eigenvalue weighted by Crippen LogP contribution is 2.16. The van der Waals surface area contributed by atoms with Crippen LogP contribution in [0.25, 0.3) is 0 Å². The van der Waals surface area contributed by atoms with E-state index in [1.807, 2.05) is 13.8 Å². The standard InChI is InChI=1S/C14H14FNO2/c1-9-7-11(10(2)16-9)13(17)8-18-14-6-4-3-5-12(14)15/h3-7,16H,8H2,1-2H3. The highest BCUT2D eigenvalue weighted by atomic mass is 19.1. The van der Waals surface area contributed by atoms with Crippen LogP contribution in [-0.2, 0) is 0 Å². The van der Waals surface area contributed by atoms with Gasteiger partial charge in [-0.25, -0.2) is 4.39 Å². The van der Waals surface area contributed by atoms with Crippen LogP contribution in [0.3, 0.4) is 0 Å². The Morgan fingerprint density at radius 2 is 2.06 bits per heavy atom. The molecule has 1 N–H and O–H groups in total.